The lowest BCUT2D eigenvalue weighted by Gasteiger charge is -2.07. The Morgan fingerprint density at radius 3 is 2.81 bits per heavy atom. The third-order valence-electron chi connectivity index (χ3n) is 1.81. The molecule has 1 rings (SSSR count). The second kappa shape index (κ2) is 5.09. The van der Waals surface area contributed by atoms with Gasteiger partial charge in [0.2, 0.25) is 0 Å². The Kier molecular flexibility index (Phi) is 3.80. The molecule has 1 aromatic rings. The van der Waals surface area contributed by atoms with E-state index in [0.717, 1.165) is 0 Å². The molecule has 0 saturated carbocycles. The van der Waals surface area contributed by atoms with Gasteiger partial charge in [0.05, 0.1) is 18.2 Å². The number of nitriles is 1. The van der Waals surface area contributed by atoms with E-state index in [1.807, 2.05) is 6.07 Å². The van der Waals surface area contributed by atoms with E-state index < -0.39 is 5.97 Å². The highest BCUT2D eigenvalue weighted by Crippen LogP contribution is 2.16. The molecule has 0 aromatic heterocycles. The molecular formula is C10H9N3O2S. The summed E-state index contributed by atoms with van der Waals surface area (Å²) in [6.45, 7) is 0. The van der Waals surface area contributed by atoms with Crippen molar-refractivity contribution < 1.29 is 9.53 Å². The van der Waals surface area contributed by atoms with Crippen LogP contribution in [0.1, 0.15) is 15.9 Å². The number of benzene rings is 1. The first-order valence-corrected chi connectivity index (χ1v) is 4.68. The summed E-state index contributed by atoms with van der Waals surface area (Å²) < 4.78 is 4.56. The summed E-state index contributed by atoms with van der Waals surface area (Å²) in [5.74, 6) is -0.580. The fourth-order valence-electron chi connectivity index (χ4n) is 1.14. The highest BCUT2D eigenvalue weighted by molar-refractivity contribution is 7.80. The van der Waals surface area contributed by atoms with Gasteiger partial charge in [0.25, 0.3) is 0 Å². The number of rotatable bonds is 2. The van der Waals surface area contributed by atoms with Crippen molar-refractivity contribution in [2.45, 2.75) is 0 Å². The number of anilines is 1. The van der Waals surface area contributed by atoms with Gasteiger partial charge in [-0.2, -0.15) is 5.26 Å². The number of nitrogens with one attached hydrogen (secondary N) is 1. The number of esters is 1. The average molecular weight is 235 g/mol. The van der Waals surface area contributed by atoms with Crippen molar-refractivity contribution in [2.24, 2.45) is 5.73 Å². The SMILES string of the molecule is COC(=O)c1cc(NC(N)=S)ccc1C#N. The third-order valence-corrected chi connectivity index (χ3v) is 1.91. The van der Waals surface area contributed by atoms with Crippen LogP contribution < -0.4 is 11.1 Å². The molecule has 0 aliphatic carbocycles. The Bertz CT molecular complexity index is 479. The number of thiocarbonyl (C=S) groups is 1. The molecule has 0 aliphatic rings. The molecule has 0 amide bonds. The molecule has 0 spiro atoms. The van der Waals surface area contributed by atoms with Crippen molar-refractivity contribution in [3.05, 3.63) is 29.3 Å². The summed E-state index contributed by atoms with van der Waals surface area (Å²) >= 11 is 4.66. The molecule has 16 heavy (non-hydrogen) atoms. The number of carbonyl (C=O) groups is 1. The molecule has 0 saturated heterocycles. The first-order valence-electron chi connectivity index (χ1n) is 4.27. The van der Waals surface area contributed by atoms with Crippen LogP contribution in [0.5, 0.6) is 0 Å². The van der Waals surface area contributed by atoms with E-state index in [1.54, 1.807) is 6.07 Å². The van der Waals surface area contributed by atoms with E-state index in [0.29, 0.717) is 5.69 Å². The maximum absolute atomic E-state index is 11.4. The van der Waals surface area contributed by atoms with Gasteiger partial charge in [0, 0.05) is 5.69 Å². The van der Waals surface area contributed by atoms with Crippen LogP contribution in [0.3, 0.4) is 0 Å². The van der Waals surface area contributed by atoms with Gasteiger partial charge in [-0.25, -0.2) is 4.79 Å². The number of nitrogens with zero attached hydrogens (tertiary/aromatic N) is 1. The van der Waals surface area contributed by atoms with Crippen LogP contribution in [0.15, 0.2) is 18.2 Å². The van der Waals surface area contributed by atoms with Gasteiger partial charge in [-0.15, -0.1) is 0 Å². The number of hydrogen-bond donors (Lipinski definition) is 2. The molecule has 82 valence electrons. The van der Waals surface area contributed by atoms with E-state index in [2.05, 4.69) is 22.3 Å². The molecule has 3 N–H and O–H groups in total. The van der Waals surface area contributed by atoms with E-state index in [-0.39, 0.29) is 16.2 Å². The lowest BCUT2D eigenvalue weighted by molar-refractivity contribution is 0.0600. The van der Waals surface area contributed by atoms with Gasteiger partial charge in [-0.3, -0.25) is 0 Å². The van der Waals surface area contributed by atoms with Crippen LogP contribution in [0.4, 0.5) is 5.69 Å². The molecule has 1 aromatic carbocycles. The summed E-state index contributed by atoms with van der Waals surface area (Å²) in [5.41, 5.74) is 6.24. The lowest BCUT2D eigenvalue weighted by Crippen LogP contribution is -2.19. The van der Waals surface area contributed by atoms with Crippen molar-refractivity contribution in [1.82, 2.24) is 0 Å². The number of hydrogen-bond acceptors (Lipinski definition) is 4. The minimum absolute atomic E-state index is 0.0838. The van der Waals surface area contributed by atoms with Crippen LogP contribution in [0.2, 0.25) is 0 Å². The molecule has 0 bridgehead atoms. The summed E-state index contributed by atoms with van der Waals surface area (Å²) in [7, 11) is 1.25. The second-order valence-corrected chi connectivity index (χ2v) is 3.29. The summed E-state index contributed by atoms with van der Waals surface area (Å²) in [4.78, 5) is 11.4. The fourth-order valence-corrected chi connectivity index (χ4v) is 1.26. The minimum Gasteiger partial charge on any atom is -0.465 e. The van der Waals surface area contributed by atoms with Crippen LogP contribution >= 0.6 is 12.2 Å². The Hall–Kier alpha value is -2.13. The topological polar surface area (TPSA) is 88.1 Å². The molecule has 0 unspecified atom stereocenters. The monoisotopic (exact) mass is 235 g/mol. The first-order chi connectivity index (χ1) is 7.58. The van der Waals surface area contributed by atoms with Crippen molar-refractivity contribution in [1.29, 1.82) is 5.26 Å². The van der Waals surface area contributed by atoms with Crippen LogP contribution in [0, 0.1) is 11.3 Å². The van der Waals surface area contributed by atoms with Gasteiger partial charge in [-0.05, 0) is 30.4 Å². The Balaban J connectivity index is 3.17. The van der Waals surface area contributed by atoms with E-state index in [9.17, 15) is 4.79 Å². The van der Waals surface area contributed by atoms with Gasteiger partial charge in [0.1, 0.15) is 6.07 Å². The fraction of sp³-hybridized carbons (Fsp3) is 0.100. The molecular weight excluding hydrogens is 226 g/mol. The van der Waals surface area contributed by atoms with Crippen molar-refractivity contribution in [2.75, 3.05) is 12.4 Å². The Morgan fingerprint density at radius 1 is 1.62 bits per heavy atom. The van der Waals surface area contributed by atoms with Gasteiger partial charge >= 0.3 is 5.97 Å². The summed E-state index contributed by atoms with van der Waals surface area (Å²) in [6, 6.07) is 6.45. The predicted molar refractivity (Wildman–Crippen MR) is 62.9 cm³/mol. The van der Waals surface area contributed by atoms with E-state index in [1.165, 1.54) is 19.2 Å². The van der Waals surface area contributed by atoms with E-state index in [4.69, 9.17) is 11.0 Å². The lowest BCUT2D eigenvalue weighted by atomic mass is 10.1. The Labute approximate surface area is 97.8 Å². The van der Waals surface area contributed by atoms with Gasteiger partial charge in [-0.1, -0.05) is 0 Å². The number of nitrogens with two attached hydrogens (primary N) is 1. The highest BCUT2D eigenvalue weighted by Gasteiger charge is 2.12. The molecule has 0 fully saturated rings. The van der Waals surface area contributed by atoms with Crippen molar-refractivity contribution >= 4 is 29.0 Å². The zero-order valence-electron chi connectivity index (χ0n) is 8.48. The summed E-state index contributed by atoms with van der Waals surface area (Å²) in [5, 5.41) is 11.6. The molecule has 5 nitrogen and oxygen atoms in total. The predicted octanol–water partition coefficient (Wildman–Crippen LogP) is 1.00. The Morgan fingerprint density at radius 2 is 2.31 bits per heavy atom. The average Bonchev–Trinajstić information content (AvgIpc) is 2.27. The second-order valence-electron chi connectivity index (χ2n) is 2.85. The molecule has 0 radical (unpaired) electrons. The molecule has 6 heteroatoms. The standard InChI is InChI=1S/C10H9N3O2S/c1-15-9(14)8-4-7(13-10(12)16)3-2-6(8)5-11/h2-4H,1H3,(H3,12,13,16). The number of methoxy groups -OCH3 is 1. The molecule has 0 heterocycles. The number of carbonyl (C=O) groups excluding carboxylic acids is 1. The van der Waals surface area contributed by atoms with Gasteiger partial charge < -0.3 is 15.8 Å². The maximum Gasteiger partial charge on any atom is 0.339 e. The van der Waals surface area contributed by atoms with Crippen molar-refractivity contribution in [3.63, 3.8) is 0 Å². The third kappa shape index (κ3) is 2.68. The van der Waals surface area contributed by atoms with Crippen LogP contribution in [-0.2, 0) is 4.74 Å². The van der Waals surface area contributed by atoms with Crippen LogP contribution in [0.25, 0.3) is 0 Å². The number of ether oxygens (including phenoxy) is 1. The smallest absolute Gasteiger partial charge is 0.339 e. The molecule has 0 atom stereocenters. The summed E-state index contributed by atoms with van der Waals surface area (Å²) in [6.07, 6.45) is 0. The van der Waals surface area contributed by atoms with Crippen LogP contribution in [-0.4, -0.2) is 18.2 Å². The highest BCUT2D eigenvalue weighted by atomic mass is 32.1. The molecule has 0 aliphatic heterocycles. The normalized spacial score (nSPS) is 9.00. The quantitative estimate of drug-likeness (QED) is 0.587. The largest absolute Gasteiger partial charge is 0.465 e. The van der Waals surface area contributed by atoms with Crippen molar-refractivity contribution in [3.8, 4) is 6.07 Å². The zero-order chi connectivity index (χ0) is 12.1. The zero-order valence-corrected chi connectivity index (χ0v) is 9.30. The minimum atomic E-state index is -0.580. The van der Waals surface area contributed by atoms with E-state index >= 15 is 0 Å². The maximum atomic E-state index is 11.4. The first kappa shape index (κ1) is 11.9. The van der Waals surface area contributed by atoms with Gasteiger partial charge in [0.15, 0.2) is 5.11 Å².